The number of nitrogens with zero attached hydrogens (tertiary/aromatic N) is 2. The minimum atomic E-state index is 0.209. The first-order chi connectivity index (χ1) is 10.2. The van der Waals surface area contributed by atoms with Crippen molar-refractivity contribution in [1.82, 2.24) is 15.2 Å². The summed E-state index contributed by atoms with van der Waals surface area (Å²) in [5.74, 6) is 1.52. The van der Waals surface area contributed by atoms with Gasteiger partial charge in [0.1, 0.15) is 0 Å². The predicted octanol–water partition coefficient (Wildman–Crippen LogP) is 2.76. The van der Waals surface area contributed by atoms with Crippen molar-refractivity contribution in [2.24, 2.45) is 5.92 Å². The summed E-state index contributed by atoms with van der Waals surface area (Å²) >= 11 is 1.81. The quantitative estimate of drug-likeness (QED) is 0.910. The lowest BCUT2D eigenvalue weighted by Crippen LogP contribution is -2.50. The summed E-state index contributed by atoms with van der Waals surface area (Å²) in [5, 5.41) is 7.20. The topological polar surface area (TPSA) is 45.2 Å². The summed E-state index contributed by atoms with van der Waals surface area (Å²) in [4.78, 5) is 18.2. The molecule has 0 unspecified atom stereocenters. The number of likely N-dealkylation sites (tertiary alicyclic amines) is 1. The Morgan fingerprint density at radius 2 is 2.29 bits per heavy atom. The Hall–Kier alpha value is -0.940. The molecule has 21 heavy (non-hydrogen) atoms. The maximum atomic E-state index is 11.5. The number of aromatic nitrogens is 1. The van der Waals surface area contributed by atoms with E-state index in [4.69, 9.17) is 4.98 Å². The Morgan fingerprint density at radius 3 is 2.95 bits per heavy atom. The van der Waals surface area contributed by atoms with Gasteiger partial charge in [0, 0.05) is 43.9 Å². The van der Waals surface area contributed by atoms with Gasteiger partial charge >= 0.3 is 0 Å². The fourth-order valence-electron chi connectivity index (χ4n) is 3.16. The standard InChI is InChI=1S/C16H25N3OS/c1-3-12-9-19(11(2)20)7-6-15(12)17-8-14-10-21-16(18-14)13-4-5-13/h10,12-13,15,17H,3-9H2,1-2H3/t12-,15-/m1/s1. The number of carbonyl (C=O) groups excluding carboxylic acids is 1. The molecule has 116 valence electrons. The number of amides is 1. The van der Waals surface area contributed by atoms with Crippen LogP contribution in [0.5, 0.6) is 0 Å². The van der Waals surface area contributed by atoms with Crippen molar-refractivity contribution >= 4 is 17.2 Å². The number of piperidine rings is 1. The van der Waals surface area contributed by atoms with Crippen molar-refractivity contribution in [2.75, 3.05) is 13.1 Å². The molecule has 1 N–H and O–H groups in total. The fourth-order valence-corrected chi connectivity index (χ4v) is 4.15. The predicted molar refractivity (Wildman–Crippen MR) is 85.4 cm³/mol. The maximum Gasteiger partial charge on any atom is 0.219 e. The van der Waals surface area contributed by atoms with E-state index in [1.54, 1.807) is 6.92 Å². The highest BCUT2D eigenvalue weighted by Gasteiger charge is 2.29. The van der Waals surface area contributed by atoms with Crippen molar-refractivity contribution in [2.45, 2.75) is 58.0 Å². The third-order valence-corrected chi connectivity index (χ3v) is 5.80. The van der Waals surface area contributed by atoms with E-state index >= 15 is 0 Å². The molecule has 1 amide bonds. The molecule has 0 spiro atoms. The number of hydrogen-bond acceptors (Lipinski definition) is 4. The molecule has 1 saturated heterocycles. The lowest BCUT2D eigenvalue weighted by Gasteiger charge is -2.38. The zero-order chi connectivity index (χ0) is 14.8. The number of rotatable bonds is 5. The van der Waals surface area contributed by atoms with Gasteiger partial charge in [-0.05, 0) is 25.2 Å². The van der Waals surface area contributed by atoms with Crippen molar-refractivity contribution < 1.29 is 4.79 Å². The van der Waals surface area contributed by atoms with E-state index in [1.165, 1.54) is 23.5 Å². The maximum absolute atomic E-state index is 11.5. The Morgan fingerprint density at radius 1 is 1.48 bits per heavy atom. The van der Waals surface area contributed by atoms with Gasteiger partial charge in [0.05, 0.1) is 10.7 Å². The van der Waals surface area contributed by atoms with E-state index in [1.807, 2.05) is 16.2 Å². The van der Waals surface area contributed by atoms with Gasteiger partial charge in [-0.15, -0.1) is 11.3 Å². The Labute approximate surface area is 130 Å². The van der Waals surface area contributed by atoms with E-state index in [2.05, 4.69) is 17.6 Å². The third kappa shape index (κ3) is 3.64. The second kappa shape index (κ2) is 6.44. The van der Waals surface area contributed by atoms with Crippen molar-refractivity contribution in [3.63, 3.8) is 0 Å². The summed E-state index contributed by atoms with van der Waals surface area (Å²) in [6.07, 6.45) is 4.81. The van der Waals surface area contributed by atoms with E-state index in [-0.39, 0.29) is 5.91 Å². The molecule has 2 atom stereocenters. The van der Waals surface area contributed by atoms with E-state index in [0.717, 1.165) is 38.4 Å². The number of thiazole rings is 1. The minimum Gasteiger partial charge on any atom is -0.343 e. The number of hydrogen-bond donors (Lipinski definition) is 1. The Bertz CT molecular complexity index is 497. The summed E-state index contributed by atoms with van der Waals surface area (Å²) in [6, 6.07) is 0.511. The molecule has 5 heteroatoms. The Kier molecular flexibility index (Phi) is 4.60. The van der Waals surface area contributed by atoms with Crippen LogP contribution in [-0.4, -0.2) is 34.9 Å². The first-order valence-electron chi connectivity index (χ1n) is 8.10. The molecule has 1 aromatic heterocycles. The molecule has 1 saturated carbocycles. The molecule has 0 bridgehead atoms. The molecule has 1 aliphatic heterocycles. The smallest absolute Gasteiger partial charge is 0.219 e. The van der Waals surface area contributed by atoms with Crippen LogP contribution in [0.4, 0.5) is 0 Å². The van der Waals surface area contributed by atoms with Gasteiger partial charge in [0.2, 0.25) is 5.91 Å². The largest absolute Gasteiger partial charge is 0.343 e. The number of nitrogens with one attached hydrogen (secondary N) is 1. The second-order valence-electron chi connectivity index (χ2n) is 6.36. The minimum absolute atomic E-state index is 0.209. The highest BCUT2D eigenvalue weighted by Crippen LogP contribution is 2.41. The molecule has 2 fully saturated rings. The SMILES string of the molecule is CC[C@@H]1CN(C(C)=O)CC[C@H]1NCc1csc(C2CC2)n1. The molecule has 3 rings (SSSR count). The third-order valence-electron chi connectivity index (χ3n) is 4.75. The molecule has 1 aromatic rings. The van der Waals surface area contributed by atoms with Gasteiger partial charge in [-0.2, -0.15) is 0 Å². The molecule has 0 aromatic carbocycles. The first-order valence-corrected chi connectivity index (χ1v) is 8.98. The first kappa shape index (κ1) is 15.0. The zero-order valence-corrected chi connectivity index (χ0v) is 13.8. The molecule has 2 heterocycles. The molecule has 1 aliphatic carbocycles. The highest BCUT2D eigenvalue weighted by atomic mass is 32.1. The molecule has 4 nitrogen and oxygen atoms in total. The van der Waals surface area contributed by atoms with Crippen molar-refractivity contribution in [3.05, 3.63) is 16.1 Å². The van der Waals surface area contributed by atoms with Crippen LogP contribution in [0.2, 0.25) is 0 Å². The average Bonchev–Trinajstić information content (AvgIpc) is 3.24. The summed E-state index contributed by atoms with van der Waals surface area (Å²) in [7, 11) is 0. The number of carbonyl (C=O) groups is 1. The van der Waals surface area contributed by atoms with Crippen LogP contribution < -0.4 is 5.32 Å². The summed E-state index contributed by atoms with van der Waals surface area (Å²) in [5.41, 5.74) is 1.19. The lowest BCUT2D eigenvalue weighted by atomic mass is 9.90. The van der Waals surface area contributed by atoms with Gasteiger partial charge in [-0.1, -0.05) is 13.3 Å². The van der Waals surface area contributed by atoms with E-state index < -0.39 is 0 Å². The van der Waals surface area contributed by atoms with Crippen molar-refractivity contribution in [3.8, 4) is 0 Å². The van der Waals surface area contributed by atoms with Gasteiger partial charge < -0.3 is 10.2 Å². The molecule has 0 radical (unpaired) electrons. The monoisotopic (exact) mass is 307 g/mol. The van der Waals surface area contributed by atoms with Crippen molar-refractivity contribution in [1.29, 1.82) is 0 Å². The summed E-state index contributed by atoms with van der Waals surface area (Å²) in [6.45, 7) is 6.54. The van der Waals surface area contributed by atoms with Crippen LogP contribution in [0.3, 0.4) is 0 Å². The van der Waals surface area contributed by atoms with E-state index in [9.17, 15) is 4.79 Å². The fraction of sp³-hybridized carbons (Fsp3) is 0.750. The second-order valence-corrected chi connectivity index (χ2v) is 7.25. The average molecular weight is 307 g/mol. The van der Waals surface area contributed by atoms with Crippen LogP contribution in [-0.2, 0) is 11.3 Å². The van der Waals surface area contributed by atoms with Gasteiger partial charge in [-0.3, -0.25) is 4.79 Å². The Balaban J connectivity index is 1.52. The van der Waals surface area contributed by atoms with Gasteiger partial charge in [0.25, 0.3) is 0 Å². The van der Waals surface area contributed by atoms with Crippen LogP contribution in [0.15, 0.2) is 5.38 Å². The molecule has 2 aliphatic rings. The van der Waals surface area contributed by atoms with E-state index in [0.29, 0.717) is 12.0 Å². The normalized spacial score (nSPS) is 26.1. The lowest BCUT2D eigenvalue weighted by molar-refractivity contribution is -0.131. The van der Waals surface area contributed by atoms with Crippen LogP contribution in [0.1, 0.15) is 56.2 Å². The summed E-state index contributed by atoms with van der Waals surface area (Å²) < 4.78 is 0. The zero-order valence-electron chi connectivity index (χ0n) is 13.0. The van der Waals surface area contributed by atoms with Crippen LogP contribution in [0, 0.1) is 5.92 Å². The van der Waals surface area contributed by atoms with Crippen LogP contribution in [0.25, 0.3) is 0 Å². The van der Waals surface area contributed by atoms with Crippen LogP contribution >= 0.6 is 11.3 Å². The molecular formula is C16H25N3OS. The van der Waals surface area contributed by atoms with Gasteiger partial charge in [-0.25, -0.2) is 4.98 Å². The highest BCUT2D eigenvalue weighted by molar-refractivity contribution is 7.09. The molecular weight excluding hydrogens is 282 g/mol. The van der Waals surface area contributed by atoms with Gasteiger partial charge in [0.15, 0.2) is 0 Å².